The first-order valence-corrected chi connectivity index (χ1v) is 7.90. The zero-order chi connectivity index (χ0) is 15.5. The molecule has 7 heteroatoms. The molecule has 0 aliphatic carbocycles. The summed E-state index contributed by atoms with van der Waals surface area (Å²) in [6.07, 6.45) is -0.425. The molecule has 1 aromatic carbocycles. The summed E-state index contributed by atoms with van der Waals surface area (Å²) in [7, 11) is 0. The molecule has 0 radical (unpaired) electrons. The summed E-state index contributed by atoms with van der Waals surface area (Å²) in [4.78, 5) is 16.4. The predicted molar refractivity (Wildman–Crippen MR) is 82.2 cm³/mol. The van der Waals surface area contributed by atoms with E-state index in [9.17, 15) is 14.3 Å². The first-order chi connectivity index (χ1) is 10.6. The summed E-state index contributed by atoms with van der Waals surface area (Å²) in [5, 5.41) is 17.9. The summed E-state index contributed by atoms with van der Waals surface area (Å²) < 4.78 is 12.9. The van der Waals surface area contributed by atoms with E-state index in [2.05, 4.69) is 15.6 Å². The number of carbonyl (C=O) groups is 1. The Kier molecular flexibility index (Phi) is 4.47. The van der Waals surface area contributed by atoms with E-state index >= 15 is 0 Å². The van der Waals surface area contributed by atoms with Gasteiger partial charge in [-0.1, -0.05) is 0 Å². The van der Waals surface area contributed by atoms with Crippen LogP contribution in [-0.2, 0) is 0 Å². The van der Waals surface area contributed by atoms with E-state index in [1.165, 1.54) is 23.5 Å². The van der Waals surface area contributed by atoms with Gasteiger partial charge in [-0.15, -0.1) is 11.3 Å². The highest BCUT2D eigenvalue weighted by atomic mass is 32.1. The second-order valence-electron chi connectivity index (χ2n) is 5.24. The predicted octanol–water partition coefficient (Wildman–Crippen LogP) is 1.26. The lowest BCUT2D eigenvalue weighted by Gasteiger charge is -2.13. The van der Waals surface area contributed by atoms with E-state index < -0.39 is 6.10 Å². The van der Waals surface area contributed by atoms with Crippen molar-refractivity contribution in [3.63, 3.8) is 0 Å². The minimum atomic E-state index is -0.425. The molecule has 2 unspecified atom stereocenters. The third-order valence-electron chi connectivity index (χ3n) is 3.66. The number of aromatic nitrogens is 1. The van der Waals surface area contributed by atoms with Crippen molar-refractivity contribution >= 4 is 17.2 Å². The zero-order valence-electron chi connectivity index (χ0n) is 11.8. The minimum absolute atomic E-state index is 0.0270. The van der Waals surface area contributed by atoms with Crippen molar-refractivity contribution in [2.24, 2.45) is 5.92 Å². The van der Waals surface area contributed by atoms with Crippen molar-refractivity contribution in [2.75, 3.05) is 19.6 Å². The number of nitrogens with zero attached hydrogens (tertiary/aromatic N) is 1. The van der Waals surface area contributed by atoms with Crippen molar-refractivity contribution in [2.45, 2.75) is 6.10 Å². The molecule has 3 N–H and O–H groups in total. The number of amides is 1. The maximum absolute atomic E-state index is 12.9. The maximum Gasteiger partial charge on any atom is 0.270 e. The average Bonchev–Trinajstić information content (AvgIpc) is 3.15. The SMILES string of the molecule is O=C(NCC1CNCC1O)c1csc(-c2ccc(F)cc2)n1. The number of β-amino-alcohol motifs (C(OH)–C–C–N with tert-alkyl or cyclic N) is 1. The van der Waals surface area contributed by atoms with Crippen LogP contribution in [0.3, 0.4) is 0 Å². The maximum atomic E-state index is 12.9. The molecule has 2 atom stereocenters. The fourth-order valence-electron chi connectivity index (χ4n) is 2.34. The van der Waals surface area contributed by atoms with Crippen LogP contribution in [-0.4, -0.2) is 41.7 Å². The van der Waals surface area contributed by atoms with Gasteiger partial charge in [0.25, 0.3) is 5.91 Å². The van der Waals surface area contributed by atoms with Gasteiger partial charge >= 0.3 is 0 Å². The smallest absolute Gasteiger partial charge is 0.270 e. The summed E-state index contributed by atoms with van der Waals surface area (Å²) in [6.45, 7) is 1.67. The Morgan fingerprint density at radius 2 is 2.18 bits per heavy atom. The highest BCUT2D eigenvalue weighted by Crippen LogP contribution is 2.23. The molecular weight excluding hydrogens is 305 g/mol. The second-order valence-corrected chi connectivity index (χ2v) is 6.10. The van der Waals surface area contributed by atoms with E-state index in [1.807, 2.05) is 0 Å². The van der Waals surface area contributed by atoms with Crippen LogP contribution in [0, 0.1) is 11.7 Å². The van der Waals surface area contributed by atoms with Gasteiger partial charge in [0.15, 0.2) is 0 Å². The van der Waals surface area contributed by atoms with E-state index in [1.54, 1.807) is 17.5 Å². The molecule has 2 aromatic rings. The van der Waals surface area contributed by atoms with Gasteiger partial charge in [-0.25, -0.2) is 9.37 Å². The van der Waals surface area contributed by atoms with Crippen molar-refractivity contribution in [3.05, 3.63) is 41.2 Å². The molecule has 1 saturated heterocycles. The van der Waals surface area contributed by atoms with Crippen LogP contribution in [0.5, 0.6) is 0 Å². The van der Waals surface area contributed by atoms with Crippen LogP contribution >= 0.6 is 11.3 Å². The third kappa shape index (κ3) is 3.32. The fraction of sp³-hybridized carbons (Fsp3) is 0.333. The molecule has 0 bridgehead atoms. The van der Waals surface area contributed by atoms with Gasteiger partial charge < -0.3 is 15.7 Å². The van der Waals surface area contributed by atoms with Crippen LogP contribution in [0.25, 0.3) is 10.6 Å². The molecule has 1 amide bonds. The standard InChI is InChI=1S/C15H16FN3O2S/c16-11-3-1-9(2-4-11)15-19-12(8-22-15)14(21)18-6-10-5-17-7-13(10)20/h1-4,8,10,13,17,20H,5-7H2,(H,18,21). The van der Waals surface area contributed by atoms with Crippen molar-refractivity contribution in [1.29, 1.82) is 0 Å². The molecule has 0 saturated carbocycles. The van der Waals surface area contributed by atoms with Crippen LogP contribution in [0.15, 0.2) is 29.6 Å². The fourth-order valence-corrected chi connectivity index (χ4v) is 3.15. The van der Waals surface area contributed by atoms with E-state index in [4.69, 9.17) is 0 Å². The number of rotatable bonds is 4. The number of aliphatic hydroxyl groups is 1. The zero-order valence-corrected chi connectivity index (χ0v) is 12.6. The van der Waals surface area contributed by atoms with Gasteiger partial charge in [0, 0.05) is 36.5 Å². The summed E-state index contributed by atoms with van der Waals surface area (Å²) in [6, 6.07) is 6.00. The number of benzene rings is 1. The molecule has 116 valence electrons. The van der Waals surface area contributed by atoms with E-state index in [-0.39, 0.29) is 17.6 Å². The van der Waals surface area contributed by atoms with Gasteiger partial charge in [0.05, 0.1) is 6.10 Å². The van der Waals surface area contributed by atoms with Gasteiger partial charge in [-0.3, -0.25) is 4.79 Å². The number of thiazole rings is 1. The number of hydrogen-bond acceptors (Lipinski definition) is 5. The van der Waals surface area contributed by atoms with Crippen LogP contribution in [0.2, 0.25) is 0 Å². The highest BCUT2D eigenvalue weighted by Gasteiger charge is 2.25. The molecule has 1 aliphatic rings. The summed E-state index contributed by atoms with van der Waals surface area (Å²) >= 11 is 1.34. The Bertz CT molecular complexity index is 659. The van der Waals surface area contributed by atoms with Crippen LogP contribution in [0.1, 0.15) is 10.5 Å². The van der Waals surface area contributed by atoms with Gasteiger partial charge in [-0.05, 0) is 24.3 Å². The van der Waals surface area contributed by atoms with Gasteiger partial charge in [-0.2, -0.15) is 0 Å². The lowest BCUT2D eigenvalue weighted by Crippen LogP contribution is -2.34. The average molecular weight is 321 g/mol. The first-order valence-electron chi connectivity index (χ1n) is 7.02. The van der Waals surface area contributed by atoms with Crippen LogP contribution in [0.4, 0.5) is 4.39 Å². The monoisotopic (exact) mass is 321 g/mol. The van der Waals surface area contributed by atoms with E-state index in [0.717, 1.165) is 5.56 Å². The second kappa shape index (κ2) is 6.51. The number of hydrogen-bond donors (Lipinski definition) is 3. The molecule has 5 nitrogen and oxygen atoms in total. The lowest BCUT2D eigenvalue weighted by atomic mass is 10.1. The molecule has 2 heterocycles. The number of aliphatic hydroxyl groups excluding tert-OH is 1. The Morgan fingerprint density at radius 1 is 1.41 bits per heavy atom. The minimum Gasteiger partial charge on any atom is -0.391 e. The molecule has 0 spiro atoms. The molecule has 1 fully saturated rings. The molecule has 1 aliphatic heterocycles. The largest absolute Gasteiger partial charge is 0.391 e. The summed E-state index contributed by atoms with van der Waals surface area (Å²) in [5.74, 6) is -0.537. The number of carbonyl (C=O) groups excluding carboxylic acids is 1. The topological polar surface area (TPSA) is 74.2 Å². The normalized spacial score (nSPS) is 21.0. The van der Waals surface area contributed by atoms with Crippen LogP contribution < -0.4 is 10.6 Å². The Morgan fingerprint density at radius 3 is 2.86 bits per heavy atom. The third-order valence-corrected chi connectivity index (χ3v) is 4.55. The lowest BCUT2D eigenvalue weighted by molar-refractivity contribution is 0.0923. The molecule has 22 heavy (non-hydrogen) atoms. The Labute approximate surface area is 131 Å². The Hall–Kier alpha value is -1.83. The van der Waals surface area contributed by atoms with E-state index in [0.29, 0.717) is 30.3 Å². The molecule has 1 aromatic heterocycles. The number of nitrogens with one attached hydrogen (secondary N) is 2. The highest BCUT2D eigenvalue weighted by molar-refractivity contribution is 7.13. The number of halogens is 1. The van der Waals surface area contributed by atoms with Crippen molar-refractivity contribution in [1.82, 2.24) is 15.6 Å². The van der Waals surface area contributed by atoms with Gasteiger partial charge in [0.1, 0.15) is 16.5 Å². The van der Waals surface area contributed by atoms with Gasteiger partial charge in [0.2, 0.25) is 0 Å². The first kappa shape index (κ1) is 15.1. The van der Waals surface area contributed by atoms with Crippen molar-refractivity contribution < 1.29 is 14.3 Å². The summed E-state index contributed by atoms with van der Waals surface area (Å²) in [5.41, 5.74) is 1.12. The molecular formula is C15H16FN3O2S. The quantitative estimate of drug-likeness (QED) is 0.792. The Balaban J connectivity index is 1.63. The molecule has 3 rings (SSSR count). The van der Waals surface area contributed by atoms with Crippen molar-refractivity contribution in [3.8, 4) is 10.6 Å².